The van der Waals surface area contributed by atoms with Crippen molar-refractivity contribution in [2.45, 2.75) is 50.8 Å². The van der Waals surface area contributed by atoms with Gasteiger partial charge in [-0.15, -0.1) is 0 Å². The molecule has 0 unspecified atom stereocenters. The van der Waals surface area contributed by atoms with Crippen molar-refractivity contribution in [1.82, 2.24) is 10.6 Å². The van der Waals surface area contributed by atoms with Crippen LogP contribution in [0.4, 0.5) is 9.18 Å². The molecule has 0 spiro atoms. The molecule has 2 aliphatic rings. The Bertz CT molecular complexity index is 580. The van der Waals surface area contributed by atoms with Crippen molar-refractivity contribution < 1.29 is 13.9 Å². The molecular weight excluding hydrogens is 319 g/mol. The maximum atomic E-state index is 13.5. The van der Waals surface area contributed by atoms with Gasteiger partial charge in [-0.05, 0) is 56.2 Å². The smallest absolute Gasteiger partial charge is 0.315 e. The van der Waals surface area contributed by atoms with E-state index in [1.54, 1.807) is 6.07 Å². The van der Waals surface area contributed by atoms with Gasteiger partial charge in [-0.3, -0.25) is 0 Å². The Kier molecular flexibility index (Phi) is 5.07. The molecule has 3 rings (SSSR count). The van der Waals surface area contributed by atoms with Crippen molar-refractivity contribution in [1.29, 1.82) is 0 Å². The molecule has 1 heterocycles. The van der Waals surface area contributed by atoms with Gasteiger partial charge in [0.2, 0.25) is 0 Å². The van der Waals surface area contributed by atoms with Gasteiger partial charge in [0.15, 0.2) is 0 Å². The highest BCUT2D eigenvalue weighted by Gasteiger charge is 2.36. The van der Waals surface area contributed by atoms with Crippen LogP contribution in [-0.2, 0) is 4.74 Å². The van der Waals surface area contributed by atoms with Gasteiger partial charge in [0.05, 0.1) is 17.2 Å². The van der Waals surface area contributed by atoms with E-state index in [4.69, 9.17) is 16.3 Å². The van der Waals surface area contributed by atoms with Crippen LogP contribution in [0.25, 0.3) is 0 Å². The number of ether oxygens (including phenoxy) is 1. The minimum Gasteiger partial charge on any atom is -0.378 e. The molecule has 2 N–H and O–H groups in total. The first-order valence-corrected chi connectivity index (χ1v) is 8.54. The minimum absolute atomic E-state index is 0.0822. The summed E-state index contributed by atoms with van der Waals surface area (Å²) in [5.74, 6) is 0.202. The average Bonchev–Trinajstić information content (AvgIpc) is 3.35. The highest BCUT2D eigenvalue weighted by molar-refractivity contribution is 6.30. The molecule has 2 amide bonds. The fourth-order valence-corrected chi connectivity index (χ4v) is 3.16. The summed E-state index contributed by atoms with van der Waals surface area (Å²) in [4.78, 5) is 12.2. The van der Waals surface area contributed by atoms with Crippen LogP contribution in [-0.4, -0.2) is 24.8 Å². The summed E-state index contributed by atoms with van der Waals surface area (Å²) >= 11 is 5.68. The summed E-state index contributed by atoms with van der Waals surface area (Å²) in [6.45, 7) is 2.52. The van der Waals surface area contributed by atoms with E-state index in [2.05, 4.69) is 10.6 Å². The molecule has 1 aromatic rings. The fourth-order valence-electron chi connectivity index (χ4n) is 3.04. The number of hydrogen-bond acceptors (Lipinski definition) is 2. The third-order valence-corrected chi connectivity index (χ3v) is 4.90. The zero-order chi connectivity index (χ0) is 16.4. The molecule has 1 aliphatic heterocycles. The van der Waals surface area contributed by atoms with Gasteiger partial charge in [-0.25, -0.2) is 9.18 Å². The van der Waals surface area contributed by atoms with Crippen LogP contribution in [0.15, 0.2) is 18.2 Å². The van der Waals surface area contributed by atoms with Crippen molar-refractivity contribution in [2.75, 3.05) is 6.61 Å². The molecule has 3 atom stereocenters. The Morgan fingerprint density at radius 3 is 2.87 bits per heavy atom. The van der Waals surface area contributed by atoms with Gasteiger partial charge < -0.3 is 15.4 Å². The number of benzene rings is 1. The normalized spacial score (nSPS) is 25.7. The quantitative estimate of drug-likeness (QED) is 0.876. The van der Waals surface area contributed by atoms with E-state index in [-0.39, 0.29) is 29.2 Å². The molecule has 4 nitrogen and oxygen atoms in total. The second-order valence-corrected chi connectivity index (χ2v) is 6.89. The molecule has 1 saturated carbocycles. The van der Waals surface area contributed by atoms with Crippen molar-refractivity contribution >= 4 is 17.6 Å². The Morgan fingerprint density at radius 2 is 2.17 bits per heavy atom. The van der Waals surface area contributed by atoms with Gasteiger partial charge in [0.1, 0.15) is 5.82 Å². The first-order valence-electron chi connectivity index (χ1n) is 8.16. The van der Waals surface area contributed by atoms with Crippen molar-refractivity contribution in [3.63, 3.8) is 0 Å². The molecule has 1 aromatic carbocycles. The number of halogens is 2. The largest absolute Gasteiger partial charge is 0.378 e. The van der Waals surface area contributed by atoms with Gasteiger partial charge >= 0.3 is 6.03 Å². The number of carbonyl (C=O) groups is 1. The van der Waals surface area contributed by atoms with E-state index in [1.165, 1.54) is 25.0 Å². The molecule has 2 fully saturated rings. The van der Waals surface area contributed by atoms with Crippen LogP contribution < -0.4 is 10.6 Å². The number of urea groups is 1. The number of nitrogens with one attached hydrogen (secondary N) is 2. The van der Waals surface area contributed by atoms with Crippen LogP contribution in [0.5, 0.6) is 0 Å². The third-order valence-electron chi connectivity index (χ3n) is 4.59. The van der Waals surface area contributed by atoms with Crippen molar-refractivity contribution in [3.05, 3.63) is 34.6 Å². The number of carbonyl (C=O) groups excluding carboxylic acids is 1. The lowest BCUT2D eigenvalue weighted by molar-refractivity contribution is -0.00917. The van der Waals surface area contributed by atoms with Gasteiger partial charge in [0, 0.05) is 12.6 Å². The second kappa shape index (κ2) is 7.05. The van der Waals surface area contributed by atoms with Gasteiger partial charge in [-0.1, -0.05) is 17.7 Å². The topological polar surface area (TPSA) is 50.4 Å². The Labute approximate surface area is 140 Å². The molecule has 1 saturated heterocycles. The molecule has 0 aromatic heterocycles. The predicted molar refractivity (Wildman–Crippen MR) is 87.0 cm³/mol. The Balaban J connectivity index is 1.50. The lowest BCUT2D eigenvalue weighted by Gasteiger charge is -2.30. The molecule has 23 heavy (non-hydrogen) atoms. The average molecular weight is 341 g/mol. The van der Waals surface area contributed by atoms with E-state index >= 15 is 0 Å². The Morgan fingerprint density at radius 1 is 1.39 bits per heavy atom. The summed E-state index contributed by atoms with van der Waals surface area (Å²) in [6, 6.07) is 4.19. The summed E-state index contributed by atoms with van der Waals surface area (Å²) in [6.07, 6.45) is 4.48. The highest BCUT2D eigenvalue weighted by atomic mass is 35.5. The zero-order valence-corrected chi connectivity index (χ0v) is 13.9. The van der Waals surface area contributed by atoms with Crippen LogP contribution in [0.1, 0.15) is 44.2 Å². The molecule has 0 radical (unpaired) electrons. The number of amides is 2. The van der Waals surface area contributed by atoms with Crippen LogP contribution in [0.2, 0.25) is 5.02 Å². The monoisotopic (exact) mass is 340 g/mol. The summed E-state index contributed by atoms with van der Waals surface area (Å²) in [5, 5.41) is 5.94. The summed E-state index contributed by atoms with van der Waals surface area (Å²) in [5.41, 5.74) is 0.685. The van der Waals surface area contributed by atoms with Crippen molar-refractivity contribution in [2.24, 2.45) is 5.92 Å². The first kappa shape index (κ1) is 16.5. The molecule has 126 valence electrons. The van der Waals surface area contributed by atoms with Gasteiger partial charge in [0.25, 0.3) is 0 Å². The van der Waals surface area contributed by atoms with Crippen LogP contribution >= 0.6 is 11.6 Å². The van der Waals surface area contributed by atoms with E-state index in [0.29, 0.717) is 18.1 Å². The van der Waals surface area contributed by atoms with E-state index in [9.17, 15) is 9.18 Å². The van der Waals surface area contributed by atoms with E-state index in [0.717, 1.165) is 12.8 Å². The van der Waals surface area contributed by atoms with Gasteiger partial charge in [-0.2, -0.15) is 0 Å². The molecule has 0 bridgehead atoms. The second-order valence-electron chi connectivity index (χ2n) is 6.48. The van der Waals surface area contributed by atoms with Crippen LogP contribution in [0, 0.1) is 11.7 Å². The third kappa shape index (κ3) is 4.36. The van der Waals surface area contributed by atoms with Crippen LogP contribution in [0.3, 0.4) is 0 Å². The maximum Gasteiger partial charge on any atom is 0.315 e. The Hall–Kier alpha value is -1.33. The highest BCUT2D eigenvalue weighted by Crippen LogP contribution is 2.38. The van der Waals surface area contributed by atoms with Crippen molar-refractivity contribution in [3.8, 4) is 0 Å². The molecule has 6 heteroatoms. The fraction of sp³-hybridized carbons (Fsp3) is 0.588. The standard InChI is InChI=1S/C17H22ClFN2O2/c1-10(12-4-5-14(18)15(19)8-12)20-17(22)21-13-6-7-23-16(9-13)11-2-3-11/h4-5,8,10-11,13,16H,2-3,6-7,9H2,1H3,(H2,20,21,22)/t10-,13+,16-/m0/s1. The lowest BCUT2D eigenvalue weighted by Crippen LogP contribution is -2.47. The minimum atomic E-state index is -0.477. The summed E-state index contributed by atoms with van der Waals surface area (Å²) in [7, 11) is 0. The summed E-state index contributed by atoms with van der Waals surface area (Å²) < 4.78 is 19.3. The maximum absolute atomic E-state index is 13.5. The number of rotatable bonds is 4. The molecule has 1 aliphatic carbocycles. The SMILES string of the molecule is C[C@H](NC(=O)N[C@@H]1CCO[C@H](C2CC2)C1)c1ccc(Cl)c(F)c1. The lowest BCUT2D eigenvalue weighted by atomic mass is 10.0. The van der Waals surface area contributed by atoms with E-state index in [1.807, 2.05) is 6.92 Å². The first-order chi connectivity index (χ1) is 11.0. The molecular formula is C17H22ClFN2O2. The predicted octanol–water partition coefficient (Wildman–Crippen LogP) is 3.80. The number of hydrogen-bond donors (Lipinski definition) is 2. The zero-order valence-electron chi connectivity index (χ0n) is 13.1. The van der Waals surface area contributed by atoms with E-state index < -0.39 is 5.82 Å².